The van der Waals surface area contributed by atoms with Gasteiger partial charge in [-0.3, -0.25) is 9.59 Å². The van der Waals surface area contributed by atoms with Crippen molar-refractivity contribution in [3.63, 3.8) is 0 Å². The van der Waals surface area contributed by atoms with E-state index < -0.39 is 35.1 Å². The number of carbonyl (C=O) groups excluding carboxylic acids is 1. The molecule has 0 unspecified atom stereocenters. The van der Waals surface area contributed by atoms with Crippen molar-refractivity contribution in [1.29, 1.82) is 5.41 Å². The van der Waals surface area contributed by atoms with Gasteiger partial charge in [-0.05, 0) is 54.4 Å². The first-order valence-corrected chi connectivity index (χ1v) is 9.19. The Bertz CT molecular complexity index is 1250. The monoisotopic (exact) mass is 447 g/mol. The summed E-state index contributed by atoms with van der Waals surface area (Å²) in [5, 5.41) is 13.5. The number of hydrogen-bond donors (Lipinski definition) is 3. The number of nitrogen functional groups attached to an aromatic ring is 1. The van der Waals surface area contributed by atoms with E-state index in [9.17, 15) is 27.2 Å². The number of nitrogens with two attached hydrogens (primary N) is 1. The molecule has 3 rings (SSSR count). The van der Waals surface area contributed by atoms with E-state index in [2.05, 4.69) is 10.4 Å². The molecule has 0 aliphatic carbocycles. The number of amides is 1. The van der Waals surface area contributed by atoms with Gasteiger partial charge in [-0.2, -0.15) is 23.0 Å². The average Bonchev–Trinajstić information content (AvgIpc) is 2.73. The molecule has 1 aromatic heterocycles. The third-order valence-corrected chi connectivity index (χ3v) is 4.55. The van der Waals surface area contributed by atoms with E-state index in [4.69, 9.17) is 11.1 Å². The summed E-state index contributed by atoms with van der Waals surface area (Å²) in [5.74, 6) is -1.62. The van der Waals surface area contributed by atoms with Gasteiger partial charge in [0.1, 0.15) is 17.2 Å². The number of nitrogens with one attached hydrogen (secondary N) is 2. The summed E-state index contributed by atoms with van der Waals surface area (Å²) in [6, 6.07) is 7.87. The molecular formula is C21H17F4N5O2. The minimum absolute atomic E-state index is 0.118. The van der Waals surface area contributed by atoms with Crippen LogP contribution in [-0.4, -0.2) is 21.9 Å². The number of carbonyl (C=O) groups is 1. The molecule has 4 N–H and O–H groups in total. The van der Waals surface area contributed by atoms with Crippen LogP contribution in [-0.2, 0) is 6.18 Å². The number of hydrogen-bond acceptors (Lipinski definition) is 5. The zero-order valence-corrected chi connectivity index (χ0v) is 16.6. The molecule has 0 saturated heterocycles. The minimum atomic E-state index is -4.61. The Balaban J connectivity index is 1.90. The minimum Gasteiger partial charge on any atom is -0.399 e. The molecule has 0 aliphatic heterocycles. The largest absolute Gasteiger partial charge is 0.416 e. The van der Waals surface area contributed by atoms with Gasteiger partial charge in [0, 0.05) is 18.0 Å². The van der Waals surface area contributed by atoms with Gasteiger partial charge >= 0.3 is 6.18 Å². The summed E-state index contributed by atoms with van der Waals surface area (Å²) >= 11 is 0. The first kappa shape index (κ1) is 22.7. The van der Waals surface area contributed by atoms with E-state index >= 15 is 0 Å². The van der Waals surface area contributed by atoms with Crippen LogP contribution in [0.25, 0.3) is 5.69 Å². The highest BCUT2D eigenvalue weighted by Gasteiger charge is 2.31. The van der Waals surface area contributed by atoms with Crippen molar-refractivity contribution < 1.29 is 22.4 Å². The van der Waals surface area contributed by atoms with Gasteiger partial charge in [-0.15, -0.1) is 0 Å². The Kier molecular flexibility index (Phi) is 6.10. The Hall–Kier alpha value is -4.02. The van der Waals surface area contributed by atoms with Crippen LogP contribution in [0.5, 0.6) is 0 Å². The highest BCUT2D eigenvalue weighted by atomic mass is 19.4. The van der Waals surface area contributed by atoms with Gasteiger partial charge in [0.05, 0.1) is 11.6 Å². The van der Waals surface area contributed by atoms with Crippen LogP contribution in [0.15, 0.2) is 53.3 Å². The van der Waals surface area contributed by atoms with E-state index in [-0.39, 0.29) is 28.2 Å². The van der Waals surface area contributed by atoms with Crippen LogP contribution < -0.4 is 16.6 Å². The SMILES string of the molecule is C[C@@H](NC(=O)c1ccc(=O)n(-c2ccc(C=N)cc2F)n1)c1cc(N)cc(C(F)(F)F)c1. The van der Waals surface area contributed by atoms with Crippen molar-refractivity contribution in [2.45, 2.75) is 19.1 Å². The molecule has 0 aliphatic rings. The molecule has 1 atom stereocenters. The number of benzene rings is 2. The Morgan fingerprint density at radius 1 is 1.19 bits per heavy atom. The summed E-state index contributed by atoms with van der Waals surface area (Å²) in [4.78, 5) is 24.8. The smallest absolute Gasteiger partial charge is 0.399 e. The van der Waals surface area contributed by atoms with E-state index in [0.29, 0.717) is 4.68 Å². The number of aromatic nitrogens is 2. The first-order valence-electron chi connectivity index (χ1n) is 9.19. The molecule has 0 radical (unpaired) electrons. The number of alkyl halides is 3. The van der Waals surface area contributed by atoms with Gasteiger partial charge in [-0.25, -0.2) is 4.39 Å². The summed E-state index contributed by atoms with van der Waals surface area (Å²) in [6.45, 7) is 1.46. The first-order chi connectivity index (χ1) is 15.0. The zero-order valence-electron chi connectivity index (χ0n) is 16.6. The third-order valence-electron chi connectivity index (χ3n) is 4.55. The van der Waals surface area contributed by atoms with E-state index in [1.807, 2.05) is 0 Å². The number of nitrogens with zero attached hydrogens (tertiary/aromatic N) is 2. The van der Waals surface area contributed by atoms with Crippen LogP contribution in [0.2, 0.25) is 0 Å². The second-order valence-corrected chi connectivity index (χ2v) is 6.91. The molecule has 7 nitrogen and oxygen atoms in total. The lowest BCUT2D eigenvalue weighted by molar-refractivity contribution is -0.137. The maximum absolute atomic E-state index is 14.3. The van der Waals surface area contributed by atoms with Crippen molar-refractivity contribution in [2.75, 3.05) is 5.73 Å². The number of anilines is 1. The normalized spacial score (nSPS) is 12.3. The molecule has 1 amide bonds. The van der Waals surface area contributed by atoms with Gasteiger partial charge < -0.3 is 16.5 Å². The quantitative estimate of drug-likeness (QED) is 0.316. The fourth-order valence-corrected chi connectivity index (χ4v) is 2.93. The highest BCUT2D eigenvalue weighted by molar-refractivity contribution is 5.92. The van der Waals surface area contributed by atoms with Crippen molar-refractivity contribution in [1.82, 2.24) is 15.1 Å². The zero-order chi connectivity index (χ0) is 23.6. The van der Waals surface area contributed by atoms with Gasteiger partial charge in [0.25, 0.3) is 11.5 Å². The summed E-state index contributed by atoms with van der Waals surface area (Å²) in [6.07, 6.45) is -3.68. The van der Waals surface area contributed by atoms with Crippen LogP contribution in [0, 0.1) is 11.2 Å². The average molecular weight is 447 g/mol. The predicted octanol–water partition coefficient (Wildman–Crippen LogP) is 3.46. The predicted molar refractivity (Wildman–Crippen MR) is 109 cm³/mol. The summed E-state index contributed by atoms with van der Waals surface area (Å²) in [7, 11) is 0. The van der Waals surface area contributed by atoms with Gasteiger partial charge in [0.2, 0.25) is 0 Å². The standard InChI is InChI=1S/C21H17F4N5O2/c1-11(13-7-14(21(23,24)25)9-15(27)8-13)28-20(32)17-3-5-19(31)30(29-17)18-4-2-12(10-26)6-16(18)22/h2-11,26H,27H2,1H3,(H,28,32)/t11-/m1/s1. The second kappa shape index (κ2) is 8.61. The molecule has 0 spiro atoms. The summed E-state index contributed by atoms with van der Waals surface area (Å²) in [5.41, 5.74) is 3.68. The fraction of sp³-hybridized carbons (Fsp3) is 0.143. The topological polar surface area (TPSA) is 114 Å². The van der Waals surface area contributed by atoms with E-state index in [1.165, 1.54) is 25.1 Å². The lowest BCUT2D eigenvalue weighted by atomic mass is 10.0. The second-order valence-electron chi connectivity index (χ2n) is 6.91. The summed E-state index contributed by atoms with van der Waals surface area (Å²) < 4.78 is 54.1. The van der Waals surface area contributed by atoms with Crippen LogP contribution in [0.1, 0.15) is 40.1 Å². The Morgan fingerprint density at radius 3 is 2.53 bits per heavy atom. The molecule has 0 saturated carbocycles. The highest BCUT2D eigenvalue weighted by Crippen LogP contribution is 2.32. The van der Waals surface area contributed by atoms with Crippen molar-refractivity contribution in [2.24, 2.45) is 0 Å². The Labute approximate surface area is 179 Å². The van der Waals surface area contributed by atoms with Gasteiger partial charge in [0.15, 0.2) is 0 Å². The number of halogens is 4. The molecule has 166 valence electrons. The molecule has 1 heterocycles. The van der Waals surface area contributed by atoms with Crippen molar-refractivity contribution in [3.05, 3.63) is 87.1 Å². The Morgan fingerprint density at radius 2 is 1.91 bits per heavy atom. The number of rotatable bonds is 5. The lowest BCUT2D eigenvalue weighted by Crippen LogP contribution is -2.31. The van der Waals surface area contributed by atoms with E-state index in [0.717, 1.165) is 36.5 Å². The molecule has 0 fully saturated rings. The van der Waals surface area contributed by atoms with Crippen LogP contribution in [0.3, 0.4) is 0 Å². The maximum Gasteiger partial charge on any atom is 0.416 e. The molecule has 11 heteroatoms. The maximum atomic E-state index is 14.3. The molecular weight excluding hydrogens is 430 g/mol. The molecule has 2 aromatic carbocycles. The van der Waals surface area contributed by atoms with Gasteiger partial charge in [-0.1, -0.05) is 6.07 Å². The van der Waals surface area contributed by atoms with E-state index in [1.54, 1.807) is 0 Å². The van der Waals surface area contributed by atoms with Crippen molar-refractivity contribution in [3.8, 4) is 5.69 Å². The molecule has 0 bridgehead atoms. The molecule has 3 aromatic rings. The fourth-order valence-electron chi connectivity index (χ4n) is 2.93. The van der Waals surface area contributed by atoms with Crippen molar-refractivity contribution >= 4 is 17.8 Å². The lowest BCUT2D eigenvalue weighted by Gasteiger charge is -2.17. The molecule has 32 heavy (non-hydrogen) atoms. The third kappa shape index (κ3) is 4.82. The van der Waals surface area contributed by atoms with Crippen LogP contribution in [0.4, 0.5) is 23.2 Å². The van der Waals surface area contributed by atoms with Crippen LogP contribution >= 0.6 is 0 Å².